The summed E-state index contributed by atoms with van der Waals surface area (Å²) in [6, 6.07) is 12.3. The fourth-order valence-electron chi connectivity index (χ4n) is 2.54. The number of allylic oxidation sites excluding steroid dienone is 2. The highest BCUT2D eigenvalue weighted by Gasteiger charge is 2.20. The van der Waals surface area contributed by atoms with Crippen molar-refractivity contribution >= 4 is 39.1 Å². The van der Waals surface area contributed by atoms with Crippen molar-refractivity contribution in [2.24, 2.45) is 0 Å². The fourth-order valence-corrected chi connectivity index (χ4v) is 2.81. The van der Waals surface area contributed by atoms with Gasteiger partial charge in [0, 0.05) is 4.47 Å². The summed E-state index contributed by atoms with van der Waals surface area (Å²) in [5.41, 5.74) is 4.05. The summed E-state index contributed by atoms with van der Waals surface area (Å²) >= 11 is 3.39. The third-order valence-electron chi connectivity index (χ3n) is 3.50. The van der Waals surface area contributed by atoms with Crippen LogP contribution in [-0.4, -0.2) is 11.1 Å². The molecule has 22 heavy (non-hydrogen) atoms. The van der Waals surface area contributed by atoms with E-state index in [1.165, 1.54) is 12.1 Å². The number of carboxylic acid groups (broad SMARTS) is 1. The Kier molecular flexibility index (Phi) is 3.94. The van der Waals surface area contributed by atoms with Crippen molar-refractivity contribution in [3.8, 4) is 0 Å². The number of hydrogen-bond donors (Lipinski definition) is 1. The van der Waals surface area contributed by atoms with Gasteiger partial charge in [0.25, 0.3) is 0 Å². The smallest absolute Gasteiger partial charge is 0.307 e. The lowest BCUT2D eigenvalue weighted by Crippen LogP contribution is -1.96. The van der Waals surface area contributed by atoms with Gasteiger partial charge in [-0.3, -0.25) is 4.79 Å². The van der Waals surface area contributed by atoms with Gasteiger partial charge in [0.2, 0.25) is 0 Å². The second-order valence-electron chi connectivity index (χ2n) is 5.08. The average Bonchev–Trinajstić information content (AvgIpc) is 2.78. The van der Waals surface area contributed by atoms with Gasteiger partial charge in [0.15, 0.2) is 0 Å². The molecule has 4 heteroatoms. The number of halogens is 2. The number of aliphatic carboxylic acids is 1. The molecule has 1 N–H and O–H groups in total. The highest BCUT2D eigenvalue weighted by atomic mass is 79.9. The molecule has 1 aliphatic carbocycles. The van der Waals surface area contributed by atoms with Crippen LogP contribution < -0.4 is 0 Å². The zero-order chi connectivity index (χ0) is 15.7. The van der Waals surface area contributed by atoms with Gasteiger partial charge < -0.3 is 5.11 Å². The van der Waals surface area contributed by atoms with E-state index < -0.39 is 5.97 Å². The second-order valence-corrected chi connectivity index (χ2v) is 6.00. The summed E-state index contributed by atoms with van der Waals surface area (Å²) in [4.78, 5) is 11.0. The molecule has 2 aromatic rings. The van der Waals surface area contributed by atoms with E-state index in [1.807, 2.05) is 36.4 Å². The number of carboxylic acids is 1. The number of benzene rings is 2. The largest absolute Gasteiger partial charge is 0.481 e. The van der Waals surface area contributed by atoms with Gasteiger partial charge in [-0.15, -0.1) is 0 Å². The van der Waals surface area contributed by atoms with Gasteiger partial charge in [-0.2, -0.15) is 0 Å². The van der Waals surface area contributed by atoms with E-state index in [2.05, 4.69) is 15.9 Å². The normalized spacial score (nSPS) is 14.8. The molecule has 0 fully saturated rings. The highest BCUT2D eigenvalue weighted by molar-refractivity contribution is 9.10. The van der Waals surface area contributed by atoms with Gasteiger partial charge in [-0.05, 0) is 64.3 Å². The van der Waals surface area contributed by atoms with E-state index in [4.69, 9.17) is 5.11 Å². The zero-order valence-electron chi connectivity index (χ0n) is 11.5. The summed E-state index contributed by atoms with van der Waals surface area (Å²) in [6.07, 6.45) is 3.67. The Bertz CT molecular complexity index is 804. The van der Waals surface area contributed by atoms with Crippen molar-refractivity contribution in [2.45, 2.75) is 6.42 Å². The van der Waals surface area contributed by atoms with Crippen LogP contribution in [0.15, 0.2) is 53.0 Å². The molecule has 2 nitrogen and oxygen atoms in total. The van der Waals surface area contributed by atoms with Crippen LogP contribution in [-0.2, 0) is 4.79 Å². The van der Waals surface area contributed by atoms with Crippen LogP contribution in [0.5, 0.6) is 0 Å². The van der Waals surface area contributed by atoms with E-state index in [0.717, 1.165) is 21.2 Å². The quantitative estimate of drug-likeness (QED) is 0.837. The molecule has 0 heterocycles. The summed E-state index contributed by atoms with van der Waals surface area (Å²) in [5.74, 6) is -1.29. The first-order valence-electron chi connectivity index (χ1n) is 6.73. The molecule has 1 aliphatic rings. The van der Waals surface area contributed by atoms with E-state index in [-0.39, 0.29) is 12.2 Å². The van der Waals surface area contributed by atoms with Gasteiger partial charge in [0.1, 0.15) is 5.82 Å². The summed E-state index contributed by atoms with van der Waals surface area (Å²) in [6.45, 7) is 0. The minimum Gasteiger partial charge on any atom is -0.481 e. The minimum absolute atomic E-state index is 0.117. The molecule has 0 aromatic heterocycles. The Labute approximate surface area is 135 Å². The van der Waals surface area contributed by atoms with Gasteiger partial charge >= 0.3 is 5.97 Å². The van der Waals surface area contributed by atoms with E-state index in [9.17, 15) is 9.18 Å². The third kappa shape index (κ3) is 3.02. The maximum atomic E-state index is 13.5. The number of rotatable bonds is 3. The van der Waals surface area contributed by atoms with Crippen molar-refractivity contribution < 1.29 is 14.3 Å². The molecular weight excluding hydrogens is 347 g/mol. The molecule has 0 bridgehead atoms. The van der Waals surface area contributed by atoms with Crippen LogP contribution in [0.3, 0.4) is 0 Å². The minimum atomic E-state index is -0.925. The SMILES string of the molecule is O=C(O)CC1=C/C(=C\c2ccc(Br)cc2)c2ccc(F)cc21. The summed E-state index contributed by atoms with van der Waals surface area (Å²) in [7, 11) is 0. The predicted molar refractivity (Wildman–Crippen MR) is 88.6 cm³/mol. The second kappa shape index (κ2) is 5.89. The van der Waals surface area contributed by atoms with Crippen molar-refractivity contribution in [3.63, 3.8) is 0 Å². The summed E-state index contributed by atoms with van der Waals surface area (Å²) < 4.78 is 14.5. The molecule has 0 atom stereocenters. The first-order chi connectivity index (χ1) is 10.5. The molecule has 0 saturated heterocycles. The van der Waals surface area contributed by atoms with Crippen LogP contribution in [0.25, 0.3) is 17.2 Å². The molecule has 0 saturated carbocycles. The molecular formula is C18H12BrFO2. The maximum absolute atomic E-state index is 13.5. The Hall–Kier alpha value is -2.20. The van der Waals surface area contributed by atoms with Crippen LogP contribution in [0, 0.1) is 5.82 Å². The first kappa shape index (κ1) is 14.7. The zero-order valence-corrected chi connectivity index (χ0v) is 13.1. The van der Waals surface area contributed by atoms with Gasteiger partial charge in [-0.25, -0.2) is 4.39 Å². The van der Waals surface area contributed by atoms with Gasteiger partial charge in [0.05, 0.1) is 6.42 Å². The standard InChI is InChI=1S/C18H12BrFO2/c19-14-3-1-11(2-4-14)7-12-8-13(9-18(21)22)17-10-15(20)5-6-16(12)17/h1-8,10H,9H2,(H,21,22)/b12-7+. The molecule has 110 valence electrons. The predicted octanol–water partition coefficient (Wildman–Crippen LogP) is 5.00. The topological polar surface area (TPSA) is 37.3 Å². The Morgan fingerprint density at radius 1 is 1.14 bits per heavy atom. The molecule has 2 aromatic carbocycles. The lowest BCUT2D eigenvalue weighted by Gasteiger charge is -2.04. The van der Waals surface area contributed by atoms with E-state index in [1.54, 1.807) is 6.07 Å². The van der Waals surface area contributed by atoms with Crippen molar-refractivity contribution in [1.29, 1.82) is 0 Å². The Balaban J connectivity index is 2.07. The molecule has 3 rings (SSSR count). The Morgan fingerprint density at radius 3 is 2.55 bits per heavy atom. The van der Waals surface area contributed by atoms with Crippen LogP contribution in [0.4, 0.5) is 4.39 Å². The van der Waals surface area contributed by atoms with Crippen molar-refractivity contribution in [1.82, 2.24) is 0 Å². The number of carbonyl (C=O) groups is 1. The van der Waals surface area contributed by atoms with Crippen molar-refractivity contribution in [2.75, 3.05) is 0 Å². The number of fused-ring (bicyclic) bond motifs is 1. The van der Waals surface area contributed by atoms with Crippen LogP contribution in [0.1, 0.15) is 23.1 Å². The van der Waals surface area contributed by atoms with Gasteiger partial charge in [-0.1, -0.05) is 34.1 Å². The van der Waals surface area contributed by atoms with Crippen molar-refractivity contribution in [3.05, 3.63) is 75.5 Å². The van der Waals surface area contributed by atoms with E-state index in [0.29, 0.717) is 11.1 Å². The Morgan fingerprint density at radius 2 is 1.86 bits per heavy atom. The maximum Gasteiger partial charge on any atom is 0.307 e. The van der Waals surface area contributed by atoms with E-state index >= 15 is 0 Å². The average molecular weight is 359 g/mol. The highest BCUT2D eigenvalue weighted by Crippen LogP contribution is 2.38. The molecule has 0 spiro atoms. The molecule has 0 amide bonds. The lowest BCUT2D eigenvalue weighted by molar-refractivity contribution is -0.135. The van der Waals surface area contributed by atoms with Crippen LogP contribution in [0.2, 0.25) is 0 Å². The molecule has 0 aliphatic heterocycles. The fraction of sp³-hybridized carbons (Fsp3) is 0.0556. The summed E-state index contributed by atoms with van der Waals surface area (Å²) in [5, 5.41) is 9.02. The molecule has 0 radical (unpaired) electrons. The lowest BCUT2D eigenvalue weighted by atomic mass is 10.0. The molecule has 0 unspecified atom stereocenters. The number of hydrogen-bond acceptors (Lipinski definition) is 1. The first-order valence-corrected chi connectivity index (χ1v) is 7.52. The third-order valence-corrected chi connectivity index (χ3v) is 4.03. The van der Waals surface area contributed by atoms with Crippen LogP contribution >= 0.6 is 15.9 Å². The monoisotopic (exact) mass is 358 g/mol.